The second kappa shape index (κ2) is 16.8. The van der Waals surface area contributed by atoms with E-state index in [-0.39, 0.29) is 53.6 Å². The van der Waals surface area contributed by atoms with Gasteiger partial charge in [0.2, 0.25) is 0 Å². The topological polar surface area (TPSA) is 99.5 Å². The molecule has 34 heavy (non-hydrogen) atoms. The third-order valence-corrected chi connectivity index (χ3v) is 5.78. The Morgan fingerprint density at radius 2 is 1.21 bits per heavy atom. The zero-order valence-corrected chi connectivity index (χ0v) is 26.4. The first-order valence-electron chi connectivity index (χ1n) is 11.4. The quantitative estimate of drug-likeness (QED) is 0.397. The molecule has 2 saturated heterocycles. The molecule has 2 amide bonds. The summed E-state index contributed by atoms with van der Waals surface area (Å²) >= 11 is 5.77. The van der Waals surface area contributed by atoms with Crippen LogP contribution >= 0.6 is 11.8 Å². The second-order valence-corrected chi connectivity index (χ2v) is 11.2. The maximum absolute atomic E-state index is 11.7. The largest absolute Gasteiger partial charge is 1.00 e. The van der Waals surface area contributed by atoms with E-state index in [4.69, 9.17) is 9.47 Å². The molecule has 2 aliphatic heterocycles. The van der Waals surface area contributed by atoms with E-state index >= 15 is 0 Å². The molecule has 2 aliphatic rings. The van der Waals surface area contributed by atoms with Gasteiger partial charge in [-0.2, -0.15) is 18.0 Å². The first-order valence-corrected chi connectivity index (χ1v) is 13.6. The predicted molar refractivity (Wildman–Crippen MR) is 137 cm³/mol. The molecule has 2 fully saturated rings. The molecule has 4 atom stereocenters. The molecule has 2 N–H and O–H groups in total. The summed E-state index contributed by atoms with van der Waals surface area (Å²) < 4.78 is 10.5. The molecule has 0 unspecified atom stereocenters. The first kappa shape index (κ1) is 36.3. The van der Waals surface area contributed by atoms with Crippen molar-refractivity contribution in [2.24, 2.45) is 11.8 Å². The van der Waals surface area contributed by atoms with Crippen molar-refractivity contribution in [2.75, 3.05) is 44.4 Å². The number of rotatable bonds is 3. The molecule has 0 aromatic rings. The molecule has 0 saturated carbocycles. The van der Waals surface area contributed by atoms with Crippen molar-refractivity contribution in [3.63, 3.8) is 0 Å². The summed E-state index contributed by atoms with van der Waals surface area (Å²) in [4.78, 5) is 26.6. The van der Waals surface area contributed by atoms with Crippen molar-refractivity contribution < 1.29 is 58.8 Å². The second-order valence-electron chi connectivity index (χ2n) is 10.3. The van der Waals surface area contributed by atoms with Gasteiger partial charge in [0.1, 0.15) is 11.2 Å². The van der Waals surface area contributed by atoms with Gasteiger partial charge in [0.25, 0.3) is 0 Å². The van der Waals surface area contributed by atoms with Gasteiger partial charge in [0.05, 0.1) is 25.3 Å². The van der Waals surface area contributed by atoms with Crippen molar-refractivity contribution in [3.8, 4) is 0 Å². The maximum atomic E-state index is 11.7. The summed E-state index contributed by atoms with van der Waals surface area (Å²) in [5.74, 6) is 1.24. The van der Waals surface area contributed by atoms with Crippen molar-refractivity contribution >= 4 is 36.6 Å². The minimum absolute atomic E-state index is 0. The van der Waals surface area contributed by atoms with Crippen molar-refractivity contribution in [2.45, 2.75) is 78.3 Å². The molecule has 11 heteroatoms. The summed E-state index contributed by atoms with van der Waals surface area (Å²) in [6, 6.07) is 0. The van der Waals surface area contributed by atoms with Crippen LogP contribution < -0.4 is 29.6 Å². The van der Waals surface area contributed by atoms with Crippen LogP contribution in [0.4, 0.5) is 9.59 Å². The van der Waals surface area contributed by atoms with Crippen LogP contribution in [-0.2, 0) is 22.1 Å². The number of hydrogen-bond acceptors (Lipinski definition) is 8. The van der Waals surface area contributed by atoms with Crippen LogP contribution in [0.1, 0.15) is 54.9 Å². The van der Waals surface area contributed by atoms with Crippen molar-refractivity contribution in [1.29, 1.82) is 0 Å². The molecular formula is C23H45N2NaO6S2. The number of nitrogens with zero attached hydrogens (tertiary/aromatic N) is 2. The number of hydrogen-bond donors (Lipinski definition) is 2. The number of carbonyl (C=O) groups excluding carboxylic acids is 2. The van der Waals surface area contributed by atoms with Gasteiger partial charge >= 0.3 is 41.7 Å². The van der Waals surface area contributed by atoms with Crippen LogP contribution in [-0.4, -0.2) is 100 Å². The van der Waals surface area contributed by atoms with Gasteiger partial charge in [0, 0.05) is 30.7 Å². The van der Waals surface area contributed by atoms with E-state index in [0.717, 1.165) is 12.2 Å². The Labute approximate surface area is 238 Å². The van der Waals surface area contributed by atoms with Crippen LogP contribution in [0.3, 0.4) is 0 Å². The number of aliphatic hydroxyl groups excluding tert-OH is 2. The minimum Gasteiger partial charge on any atom is -0.796 e. The first-order chi connectivity index (χ1) is 15.2. The Bertz CT molecular complexity index is 601. The molecule has 0 aromatic carbocycles. The van der Waals surface area contributed by atoms with Gasteiger partial charge < -0.3 is 42.1 Å². The van der Waals surface area contributed by atoms with E-state index in [1.54, 1.807) is 27.8 Å². The minimum atomic E-state index is -0.473. The Morgan fingerprint density at radius 1 is 0.853 bits per heavy atom. The zero-order valence-electron chi connectivity index (χ0n) is 22.8. The Balaban J connectivity index is 0. The maximum Gasteiger partial charge on any atom is 1.00 e. The summed E-state index contributed by atoms with van der Waals surface area (Å²) in [6.07, 6.45) is 3.01. The van der Waals surface area contributed by atoms with Crippen LogP contribution in [0.15, 0.2) is 0 Å². The third-order valence-electron chi connectivity index (χ3n) is 5.02. The van der Waals surface area contributed by atoms with Crippen molar-refractivity contribution in [3.05, 3.63) is 0 Å². The van der Waals surface area contributed by atoms with Crippen molar-refractivity contribution in [1.82, 2.24) is 9.80 Å². The fourth-order valence-corrected chi connectivity index (χ4v) is 4.19. The average Bonchev–Trinajstić information content (AvgIpc) is 3.24. The van der Waals surface area contributed by atoms with E-state index in [2.05, 4.69) is 12.6 Å². The molecule has 0 spiro atoms. The van der Waals surface area contributed by atoms with Gasteiger partial charge in [-0.25, -0.2) is 9.59 Å². The monoisotopic (exact) mass is 532 g/mol. The smallest absolute Gasteiger partial charge is 0.796 e. The standard InChI is InChI=1S/C11H21NO3S.C11H21NO3.CH4S.Na/c1-11(2,3)15-10(14)12-5-8(7-16-4)9(13)6-12;1-5-8-6-12(7-9(8)13)10(14)15-11(2,3)4;1-2;/h8-9,13H,5-7H2,1-4H3;8-9,13H,5-7H2,1-4H3;2H,1H3;/q;;;+1/p-1/t8-,9-;8-,9+;;/m10../s1. The van der Waals surface area contributed by atoms with Gasteiger partial charge in [-0.1, -0.05) is 6.92 Å². The Kier molecular flexibility index (Phi) is 18.0. The van der Waals surface area contributed by atoms with Gasteiger partial charge in [0.15, 0.2) is 0 Å². The molecule has 0 aromatic heterocycles. The Hall–Kier alpha value is 0.160. The van der Waals surface area contributed by atoms with Crippen LogP contribution in [0.2, 0.25) is 0 Å². The van der Waals surface area contributed by atoms with Crippen LogP contribution in [0, 0.1) is 11.8 Å². The molecule has 0 bridgehead atoms. The Morgan fingerprint density at radius 3 is 1.50 bits per heavy atom. The molecule has 2 heterocycles. The molecule has 196 valence electrons. The van der Waals surface area contributed by atoms with Gasteiger partial charge in [-0.3, -0.25) is 0 Å². The number of amides is 2. The van der Waals surface area contributed by atoms with E-state index in [0.29, 0.717) is 26.2 Å². The predicted octanol–water partition coefficient (Wildman–Crippen LogP) is 0.369. The van der Waals surface area contributed by atoms with E-state index in [9.17, 15) is 19.8 Å². The number of aliphatic hydroxyl groups is 2. The van der Waals surface area contributed by atoms with Crippen LogP contribution in [0.5, 0.6) is 0 Å². The molecule has 2 rings (SSSR count). The number of ether oxygens (including phenoxy) is 2. The summed E-state index contributed by atoms with van der Waals surface area (Å²) in [5, 5.41) is 19.4. The number of β-amino-alcohol motifs (C(OH)–C–C–N with tert-alkyl or cyclic N) is 2. The van der Waals surface area contributed by atoms with Crippen LogP contribution in [0.25, 0.3) is 0 Å². The molecule has 8 nitrogen and oxygen atoms in total. The number of thioether (sulfide) groups is 1. The van der Waals surface area contributed by atoms with E-state index in [1.165, 1.54) is 0 Å². The fourth-order valence-electron chi connectivity index (χ4n) is 3.44. The summed E-state index contributed by atoms with van der Waals surface area (Å²) in [5.41, 5.74) is -0.939. The molecule has 0 aliphatic carbocycles. The molecule has 0 radical (unpaired) electrons. The third kappa shape index (κ3) is 14.0. The SMILES string of the molecule is CC[C@H]1CN(C(=O)OC(C)(C)C)C[C@H]1O.CSC[C@H]1CN(C(=O)OC(C)(C)C)C[C@H]1O.C[S-].[Na+]. The molecular weight excluding hydrogens is 487 g/mol. The van der Waals surface area contributed by atoms with Gasteiger partial charge in [-0.05, 0) is 54.2 Å². The van der Waals surface area contributed by atoms with E-state index < -0.39 is 23.4 Å². The fraction of sp³-hybridized carbons (Fsp3) is 0.913. The van der Waals surface area contributed by atoms with Gasteiger partial charge in [-0.15, -0.1) is 0 Å². The van der Waals surface area contributed by atoms with E-state index in [1.807, 2.05) is 54.7 Å². The number of likely N-dealkylation sites (tertiary alicyclic amines) is 2. The average molecular weight is 533 g/mol. The summed E-state index contributed by atoms with van der Waals surface area (Å²) in [7, 11) is 0. The summed E-state index contributed by atoms with van der Waals surface area (Å²) in [6.45, 7) is 15.1. The zero-order chi connectivity index (χ0) is 26.0. The number of carbonyl (C=O) groups is 2. The normalized spacial score (nSPS) is 24.2.